The average molecular weight is 377 g/mol. The Bertz CT molecular complexity index is 888. The zero-order valence-corrected chi connectivity index (χ0v) is 15.6. The van der Waals surface area contributed by atoms with Crippen LogP contribution in [0.2, 0.25) is 0 Å². The number of carbonyl (C=O) groups excluding carboxylic acids is 2. The minimum atomic E-state index is -0.249. The van der Waals surface area contributed by atoms with Crippen LogP contribution in [0.1, 0.15) is 28.8 Å². The van der Waals surface area contributed by atoms with Gasteiger partial charge < -0.3 is 16.0 Å². The molecular weight excluding hydrogens is 354 g/mol. The second-order valence-electron chi connectivity index (χ2n) is 6.89. The van der Waals surface area contributed by atoms with Crippen LogP contribution >= 0.6 is 0 Å². The first kappa shape index (κ1) is 19.5. The number of amides is 2. The highest BCUT2D eigenvalue weighted by molar-refractivity contribution is 5.94. The van der Waals surface area contributed by atoms with Crippen molar-refractivity contribution in [2.45, 2.75) is 12.8 Å². The van der Waals surface area contributed by atoms with Crippen LogP contribution in [0.4, 0.5) is 0 Å². The Hall–Kier alpha value is -3.24. The lowest BCUT2D eigenvalue weighted by Gasteiger charge is -2.31. The summed E-state index contributed by atoms with van der Waals surface area (Å²) in [7, 11) is 0. The van der Waals surface area contributed by atoms with Gasteiger partial charge in [0.25, 0.3) is 5.91 Å². The van der Waals surface area contributed by atoms with Crippen molar-refractivity contribution in [2.75, 3.05) is 26.2 Å². The van der Waals surface area contributed by atoms with Crippen molar-refractivity contribution < 1.29 is 9.59 Å². The van der Waals surface area contributed by atoms with Gasteiger partial charge in [-0.3, -0.25) is 14.6 Å². The van der Waals surface area contributed by atoms with E-state index in [-0.39, 0.29) is 17.7 Å². The zero-order valence-electron chi connectivity index (χ0n) is 15.6. The van der Waals surface area contributed by atoms with E-state index in [2.05, 4.69) is 21.3 Å². The fraction of sp³-hybridized carbons (Fsp3) is 0.333. The summed E-state index contributed by atoms with van der Waals surface area (Å²) in [5.41, 5.74) is 7.84. The van der Waals surface area contributed by atoms with Crippen molar-refractivity contribution in [3.63, 3.8) is 0 Å². The molecule has 0 saturated carbocycles. The van der Waals surface area contributed by atoms with Gasteiger partial charge in [-0.2, -0.15) is 5.26 Å². The van der Waals surface area contributed by atoms with Crippen molar-refractivity contribution >= 4 is 11.8 Å². The molecular formula is C21H23N5O2. The standard InChI is InChI=1S/C21H23N5O2/c22-13-17-3-1-9-24-19(17)15-5-7-16(8-6-15)21(28)25-10-12-26-11-2-4-18(14-26)20(23)27/h1,3,5-9,18H,2,4,10-12,14H2,(H2,23,27)(H,25,28). The van der Waals surface area contributed by atoms with E-state index in [1.54, 1.807) is 42.6 Å². The lowest BCUT2D eigenvalue weighted by atomic mass is 9.97. The van der Waals surface area contributed by atoms with Gasteiger partial charge in [-0.05, 0) is 43.7 Å². The molecule has 1 unspecified atom stereocenters. The second-order valence-corrected chi connectivity index (χ2v) is 6.89. The number of hydrogen-bond donors (Lipinski definition) is 2. The summed E-state index contributed by atoms with van der Waals surface area (Å²) in [6, 6.07) is 12.6. The maximum absolute atomic E-state index is 12.4. The summed E-state index contributed by atoms with van der Waals surface area (Å²) >= 11 is 0. The second kappa shape index (κ2) is 9.11. The highest BCUT2D eigenvalue weighted by Gasteiger charge is 2.23. The molecule has 1 aliphatic heterocycles. The lowest BCUT2D eigenvalue weighted by Crippen LogP contribution is -2.44. The molecule has 1 aromatic carbocycles. The summed E-state index contributed by atoms with van der Waals surface area (Å²) in [5.74, 6) is -0.500. The number of nitriles is 1. The molecule has 0 aliphatic carbocycles. The first-order chi connectivity index (χ1) is 13.6. The van der Waals surface area contributed by atoms with Crippen LogP contribution in [0.25, 0.3) is 11.3 Å². The Morgan fingerprint density at radius 2 is 2.07 bits per heavy atom. The fourth-order valence-corrected chi connectivity index (χ4v) is 3.43. The number of benzene rings is 1. The van der Waals surface area contributed by atoms with Crippen LogP contribution < -0.4 is 11.1 Å². The highest BCUT2D eigenvalue weighted by Crippen LogP contribution is 2.21. The summed E-state index contributed by atoms with van der Waals surface area (Å²) in [6.45, 7) is 2.77. The minimum absolute atomic E-state index is 0.0955. The number of nitrogens with two attached hydrogens (primary N) is 1. The number of piperidine rings is 1. The minimum Gasteiger partial charge on any atom is -0.369 e. The number of likely N-dealkylation sites (tertiary alicyclic amines) is 1. The molecule has 1 saturated heterocycles. The van der Waals surface area contributed by atoms with E-state index in [4.69, 9.17) is 5.73 Å². The van der Waals surface area contributed by atoms with Crippen molar-refractivity contribution in [2.24, 2.45) is 11.7 Å². The zero-order chi connectivity index (χ0) is 19.9. The van der Waals surface area contributed by atoms with E-state index in [9.17, 15) is 14.9 Å². The number of pyridine rings is 1. The number of nitrogens with one attached hydrogen (secondary N) is 1. The molecule has 2 aromatic rings. The molecule has 1 atom stereocenters. The smallest absolute Gasteiger partial charge is 0.251 e. The quantitative estimate of drug-likeness (QED) is 0.793. The van der Waals surface area contributed by atoms with Crippen LogP contribution in [0.3, 0.4) is 0 Å². The average Bonchev–Trinajstić information content (AvgIpc) is 2.74. The van der Waals surface area contributed by atoms with Gasteiger partial charge >= 0.3 is 0 Å². The molecule has 2 heterocycles. The van der Waals surface area contributed by atoms with Crippen molar-refractivity contribution in [3.8, 4) is 17.3 Å². The number of rotatable bonds is 6. The van der Waals surface area contributed by atoms with Gasteiger partial charge in [0.2, 0.25) is 5.91 Å². The monoisotopic (exact) mass is 377 g/mol. The van der Waals surface area contributed by atoms with Gasteiger partial charge in [0.1, 0.15) is 6.07 Å². The summed E-state index contributed by atoms with van der Waals surface area (Å²) < 4.78 is 0. The predicted octanol–water partition coefficient (Wildman–Crippen LogP) is 1.55. The SMILES string of the molecule is N#Cc1cccnc1-c1ccc(C(=O)NCCN2CCCC(C(N)=O)C2)cc1. The van der Waals surface area contributed by atoms with E-state index in [1.165, 1.54) is 0 Å². The Morgan fingerprint density at radius 3 is 2.79 bits per heavy atom. The molecule has 3 N–H and O–H groups in total. The van der Waals surface area contributed by atoms with Gasteiger partial charge in [0.05, 0.1) is 17.2 Å². The third-order valence-corrected chi connectivity index (χ3v) is 4.97. The molecule has 1 aromatic heterocycles. The fourth-order valence-electron chi connectivity index (χ4n) is 3.43. The number of primary amides is 1. The first-order valence-corrected chi connectivity index (χ1v) is 9.34. The van der Waals surface area contributed by atoms with Crippen molar-refractivity contribution in [3.05, 3.63) is 53.7 Å². The summed E-state index contributed by atoms with van der Waals surface area (Å²) in [5, 5.41) is 12.1. The maximum Gasteiger partial charge on any atom is 0.251 e. The predicted molar refractivity (Wildman–Crippen MR) is 105 cm³/mol. The third-order valence-electron chi connectivity index (χ3n) is 4.97. The third kappa shape index (κ3) is 4.72. The number of hydrogen-bond acceptors (Lipinski definition) is 5. The lowest BCUT2D eigenvalue weighted by molar-refractivity contribution is -0.123. The number of aromatic nitrogens is 1. The molecule has 3 rings (SSSR count). The van der Waals surface area contributed by atoms with E-state index in [0.29, 0.717) is 36.5 Å². The number of carbonyl (C=O) groups is 2. The molecule has 0 bridgehead atoms. The number of nitrogens with zero attached hydrogens (tertiary/aromatic N) is 3. The molecule has 28 heavy (non-hydrogen) atoms. The molecule has 0 spiro atoms. The first-order valence-electron chi connectivity index (χ1n) is 9.34. The van der Waals surface area contributed by atoms with E-state index in [0.717, 1.165) is 24.9 Å². The van der Waals surface area contributed by atoms with Crippen LogP contribution in [0.15, 0.2) is 42.6 Å². The van der Waals surface area contributed by atoms with Crippen LogP contribution in [0, 0.1) is 17.2 Å². The van der Waals surface area contributed by atoms with Crippen LogP contribution in [-0.4, -0.2) is 47.9 Å². The molecule has 1 aliphatic rings. The molecule has 7 heteroatoms. The molecule has 2 amide bonds. The van der Waals surface area contributed by atoms with Gasteiger partial charge in [-0.15, -0.1) is 0 Å². The topological polar surface area (TPSA) is 112 Å². The molecule has 0 radical (unpaired) electrons. The normalized spacial score (nSPS) is 16.9. The van der Waals surface area contributed by atoms with E-state index >= 15 is 0 Å². The Kier molecular flexibility index (Phi) is 6.35. The summed E-state index contributed by atoms with van der Waals surface area (Å²) in [4.78, 5) is 30.1. The van der Waals surface area contributed by atoms with Gasteiger partial charge in [-0.1, -0.05) is 12.1 Å². The van der Waals surface area contributed by atoms with Crippen molar-refractivity contribution in [1.29, 1.82) is 5.26 Å². The highest BCUT2D eigenvalue weighted by atomic mass is 16.2. The molecule has 7 nitrogen and oxygen atoms in total. The Balaban J connectivity index is 1.54. The summed E-state index contributed by atoms with van der Waals surface area (Å²) in [6.07, 6.45) is 3.43. The largest absolute Gasteiger partial charge is 0.369 e. The Morgan fingerprint density at radius 1 is 1.29 bits per heavy atom. The van der Waals surface area contributed by atoms with Gasteiger partial charge in [-0.25, -0.2) is 0 Å². The molecule has 1 fully saturated rings. The van der Waals surface area contributed by atoms with E-state index in [1.807, 2.05) is 0 Å². The van der Waals surface area contributed by atoms with Crippen LogP contribution in [-0.2, 0) is 4.79 Å². The van der Waals surface area contributed by atoms with Gasteiger partial charge in [0.15, 0.2) is 0 Å². The van der Waals surface area contributed by atoms with Gasteiger partial charge in [0, 0.05) is 37.0 Å². The Labute approximate surface area is 164 Å². The maximum atomic E-state index is 12.4. The van der Waals surface area contributed by atoms with E-state index < -0.39 is 0 Å². The molecule has 144 valence electrons. The van der Waals surface area contributed by atoms with Crippen molar-refractivity contribution in [1.82, 2.24) is 15.2 Å². The van der Waals surface area contributed by atoms with Crippen LogP contribution in [0.5, 0.6) is 0 Å².